The van der Waals surface area contributed by atoms with Crippen LogP contribution in [0, 0.1) is 17.6 Å². The molecule has 0 N–H and O–H groups in total. The van der Waals surface area contributed by atoms with E-state index >= 15 is 0 Å². The van der Waals surface area contributed by atoms with Gasteiger partial charge in [-0.1, -0.05) is 6.92 Å². The summed E-state index contributed by atoms with van der Waals surface area (Å²) in [6.45, 7) is 5.56. The van der Waals surface area contributed by atoms with E-state index in [1.165, 1.54) is 18.2 Å². The summed E-state index contributed by atoms with van der Waals surface area (Å²) in [4.78, 5) is 18.9. The molecule has 2 aliphatic rings. The van der Waals surface area contributed by atoms with Crippen molar-refractivity contribution in [1.29, 1.82) is 0 Å². The van der Waals surface area contributed by atoms with Crippen molar-refractivity contribution in [2.24, 2.45) is 5.92 Å². The first kappa shape index (κ1) is 17.9. The van der Waals surface area contributed by atoms with Crippen LogP contribution in [0.15, 0.2) is 36.4 Å². The molecule has 1 atom stereocenters. The van der Waals surface area contributed by atoms with Crippen LogP contribution in [0.1, 0.15) is 17.3 Å². The fourth-order valence-electron chi connectivity index (χ4n) is 3.85. The Morgan fingerprint density at radius 3 is 2.30 bits per heavy atom. The van der Waals surface area contributed by atoms with E-state index in [-0.39, 0.29) is 23.3 Å². The summed E-state index contributed by atoms with van der Waals surface area (Å²) in [6, 6.07) is 9.35. The van der Waals surface area contributed by atoms with E-state index in [1.54, 1.807) is 18.2 Å². The van der Waals surface area contributed by atoms with Gasteiger partial charge in [0.25, 0.3) is 0 Å². The van der Waals surface area contributed by atoms with Crippen LogP contribution in [0.3, 0.4) is 0 Å². The summed E-state index contributed by atoms with van der Waals surface area (Å²) < 4.78 is 28.2. The van der Waals surface area contributed by atoms with E-state index in [4.69, 9.17) is 0 Å². The molecule has 0 bridgehead atoms. The quantitative estimate of drug-likeness (QED) is 0.805. The smallest absolute Gasteiger partial charge is 0.169 e. The van der Waals surface area contributed by atoms with Gasteiger partial charge in [0.2, 0.25) is 0 Å². The van der Waals surface area contributed by atoms with Gasteiger partial charge >= 0.3 is 0 Å². The summed E-state index contributed by atoms with van der Waals surface area (Å²) in [7, 11) is 2.05. The van der Waals surface area contributed by atoms with Gasteiger partial charge in [-0.05, 0) is 43.4 Å². The Hall–Kier alpha value is -2.47. The normalized spacial score (nSPS) is 20.7. The molecule has 2 heterocycles. The van der Waals surface area contributed by atoms with Crippen LogP contribution in [0.5, 0.6) is 0 Å². The average Bonchev–Trinajstić information content (AvgIpc) is 2.66. The third-order valence-electron chi connectivity index (χ3n) is 5.51. The van der Waals surface area contributed by atoms with Gasteiger partial charge in [0.1, 0.15) is 11.6 Å². The molecule has 0 radical (unpaired) electrons. The summed E-state index contributed by atoms with van der Waals surface area (Å²) >= 11 is 0. The molecule has 4 rings (SSSR count). The molecule has 142 valence electrons. The summed E-state index contributed by atoms with van der Waals surface area (Å²) in [6.07, 6.45) is 0. The highest BCUT2D eigenvalue weighted by Gasteiger charge is 2.32. The van der Waals surface area contributed by atoms with Crippen LogP contribution < -0.4 is 9.80 Å². The zero-order valence-corrected chi connectivity index (χ0v) is 15.6. The van der Waals surface area contributed by atoms with Crippen molar-refractivity contribution in [3.8, 4) is 0 Å². The van der Waals surface area contributed by atoms with E-state index < -0.39 is 0 Å². The molecule has 2 aliphatic heterocycles. The maximum Gasteiger partial charge on any atom is 0.169 e. The first-order valence-electron chi connectivity index (χ1n) is 9.28. The third-order valence-corrected chi connectivity index (χ3v) is 5.51. The minimum absolute atomic E-state index is 0.0489. The maximum atomic E-state index is 14.9. The Morgan fingerprint density at radius 2 is 1.63 bits per heavy atom. The molecule has 0 spiro atoms. The third kappa shape index (κ3) is 3.30. The molecule has 1 unspecified atom stereocenters. The molecule has 27 heavy (non-hydrogen) atoms. The number of hydrogen-bond donors (Lipinski definition) is 0. The van der Waals surface area contributed by atoms with Crippen LogP contribution in [0.4, 0.5) is 25.8 Å². The molecular formula is C21H23F2N3O. The fourth-order valence-corrected chi connectivity index (χ4v) is 3.85. The van der Waals surface area contributed by atoms with Gasteiger partial charge in [-0.3, -0.25) is 4.79 Å². The van der Waals surface area contributed by atoms with Gasteiger partial charge in [-0.2, -0.15) is 0 Å². The molecule has 2 aromatic carbocycles. The minimum Gasteiger partial charge on any atom is -0.367 e. The number of benzene rings is 2. The van der Waals surface area contributed by atoms with Crippen LogP contribution in [0.2, 0.25) is 0 Å². The van der Waals surface area contributed by atoms with Crippen LogP contribution in [0.25, 0.3) is 0 Å². The predicted molar refractivity (Wildman–Crippen MR) is 103 cm³/mol. The molecular weight excluding hydrogens is 348 g/mol. The number of anilines is 3. The zero-order chi connectivity index (χ0) is 19.1. The SMILES string of the molecule is CC1CN(c2ccc(F)cc2)c2cc(N3CCN(C)CC3)c(F)cc2C1=O. The summed E-state index contributed by atoms with van der Waals surface area (Å²) in [5.41, 5.74) is 2.41. The molecule has 0 amide bonds. The van der Waals surface area contributed by atoms with Crippen molar-refractivity contribution in [2.45, 2.75) is 6.92 Å². The van der Waals surface area contributed by atoms with Crippen molar-refractivity contribution in [1.82, 2.24) is 4.90 Å². The number of fused-ring (bicyclic) bond motifs is 1. The van der Waals surface area contributed by atoms with Crippen molar-refractivity contribution >= 4 is 22.8 Å². The summed E-state index contributed by atoms with van der Waals surface area (Å²) in [5, 5.41) is 0. The number of halogens is 2. The highest BCUT2D eigenvalue weighted by molar-refractivity contribution is 6.06. The Bertz CT molecular complexity index is 860. The average molecular weight is 371 g/mol. The monoisotopic (exact) mass is 371 g/mol. The van der Waals surface area contributed by atoms with Crippen LogP contribution in [-0.2, 0) is 0 Å². The van der Waals surface area contributed by atoms with Crippen LogP contribution in [-0.4, -0.2) is 50.5 Å². The number of piperazine rings is 1. The number of ketones is 1. The lowest BCUT2D eigenvalue weighted by atomic mass is 9.91. The number of nitrogens with zero attached hydrogens (tertiary/aromatic N) is 3. The Labute approximate surface area is 158 Å². The first-order chi connectivity index (χ1) is 12.9. The lowest BCUT2D eigenvalue weighted by Gasteiger charge is -2.37. The van der Waals surface area contributed by atoms with Crippen molar-refractivity contribution in [3.05, 3.63) is 53.6 Å². The van der Waals surface area contributed by atoms with Crippen molar-refractivity contribution in [2.75, 3.05) is 49.6 Å². The second-order valence-corrected chi connectivity index (χ2v) is 7.46. The maximum absolute atomic E-state index is 14.9. The number of hydrogen-bond acceptors (Lipinski definition) is 4. The second kappa shape index (κ2) is 6.93. The summed E-state index contributed by atoms with van der Waals surface area (Å²) in [5.74, 6) is -0.972. The number of rotatable bonds is 2. The number of carbonyl (C=O) groups excluding carboxylic acids is 1. The second-order valence-electron chi connectivity index (χ2n) is 7.46. The molecule has 1 fully saturated rings. The fraction of sp³-hybridized carbons (Fsp3) is 0.381. The number of likely N-dealkylation sites (N-methyl/N-ethyl adjacent to an activating group) is 1. The van der Waals surface area contributed by atoms with E-state index in [0.717, 1.165) is 31.9 Å². The van der Waals surface area contributed by atoms with Crippen LogP contribution >= 0.6 is 0 Å². The molecule has 0 aliphatic carbocycles. The van der Waals surface area contributed by atoms with Gasteiger partial charge in [-0.25, -0.2) is 8.78 Å². The first-order valence-corrected chi connectivity index (χ1v) is 9.28. The number of Topliss-reactive ketones (excluding diaryl/α,β-unsaturated/α-hetero) is 1. The largest absolute Gasteiger partial charge is 0.367 e. The standard InChI is InChI=1S/C21H23F2N3O/c1-14-13-26(16-5-3-15(22)4-6-16)19-12-20(18(23)11-17(19)21(14)27)25-9-7-24(2)8-10-25/h3-6,11-12,14H,7-10,13H2,1-2H3. The highest BCUT2D eigenvalue weighted by Crippen LogP contribution is 2.39. The van der Waals surface area contributed by atoms with Gasteiger partial charge < -0.3 is 14.7 Å². The number of carbonyl (C=O) groups is 1. The zero-order valence-electron chi connectivity index (χ0n) is 15.6. The van der Waals surface area contributed by atoms with E-state index in [2.05, 4.69) is 11.9 Å². The van der Waals surface area contributed by atoms with E-state index in [9.17, 15) is 13.6 Å². The Kier molecular flexibility index (Phi) is 4.60. The molecule has 0 aromatic heterocycles. The van der Waals surface area contributed by atoms with E-state index in [1.807, 2.05) is 16.7 Å². The van der Waals surface area contributed by atoms with Crippen molar-refractivity contribution in [3.63, 3.8) is 0 Å². The van der Waals surface area contributed by atoms with E-state index in [0.29, 0.717) is 23.5 Å². The minimum atomic E-state index is -0.361. The van der Waals surface area contributed by atoms with Crippen molar-refractivity contribution < 1.29 is 13.6 Å². The molecule has 1 saturated heterocycles. The van der Waals surface area contributed by atoms with Gasteiger partial charge in [0.15, 0.2) is 5.78 Å². The molecule has 0 saturated carbocycles. The lowest BCUT2D eigenvalue weighted by molar-refractivity contribution is 0.0927. The lowest BCUT2D eigenvalue weighted by Crippen LogP contribution is -2.45. The Morgan fingerprint density at radius 1 is 0.963 bits per heavy atom. The topological polar surface area (TPSA) is 26.8 Å². The predicted octanol–water partition coefficient (Wildman–Crippen LogP) is 3.69. The van der Waals surface area contributed by atoms with Gasteiger partial charge in [0.05, 0.1) is 11.4 Å². The molecule has 4 nitrogen and oxygen atoms in total. The highest BCUT2D eigenvalue weighted by atomic mass is 19.1. The molecule has 2 aromatic rings. The molecule has 6 heteroatoms. The van der Waals surface area contributed by atoms with Gasteiger partial charge in [0, 0.05) is 49.9 Å². The van der Waals surface area contributed by atoms with Gasteiger partial charge in [-0.15, -0.1) is 0 Å². The Balaban J connectivity index is 1.78.